The lowest BCUT2D eigenvalue weighted by atomic mass is 9.83. The van der Waals surface area contributed by atoms with Gasteiger partial charge in [-0.3, -0.25) is 19.2 Å². The second-order valence-corrected chi connectivity index (χ2v) is 32.7. The number of thiocarbonyl (C=S) groups is 1. The van der Waals surface area contributed by atoms with E-state index in [1.807, 2.05) is 78.9 Å². The first-order chi connectivity index (χ1) is 58.2. The summed E-state index contributed by atoms with van der Waals surface area (Å²) in [6, 6.07) is 11.2. The monoisotopic (exact) mass is 1690 g/mol. The molecule has 7 heterocycles. The van der Waals surface area contributed by atoms with Crippen molar-refractivity contribution in [3.8, 4) is 11.3 Å². The first-order valence-corrected chi connectivity index (χ1v) is 43.6. The van der Waals surface area contributed by atoms with E-state index in [1.165, 1.54) is 16.8 Å². The molecule has 2 amide bonds. The van der Waals surface area contributed by atoms with Crippen molar-refractivity contribution in [1.29, 1.82) is 0 Å². The molecule has 31 heteroatoms. The Morgan fingerprint density at radius 2 is 1.36 bits per heavy atom. The van der Waals surface area contributed by atoms with Crippen LogP contribution in [0.3, 0.4) is 0 Å². The number of nitrogens with zero attached hydrogens (tertiary/aromatic N) is 7. The van der Waals surface area contributed by atoms with Crippen LogP contribution in [0, 0.1) is 23.7 Å². The smallest absolute Gasteiger partial charge is 0.293 e. The van der Waals surface area contributed by atoms with E-state index in [-0.39, 0.29) is 48.5 Å². The molecular weight excluding hydrogens is 1560 g/mol. The molecule has 1 aliphatic carbocycles. The highest BCUT2D eigenvalue weighted by Gasteiger charge is 2.42. The maximum absolute atomic E-state index is 14.3. The fraction of sp³-hybridized carbons (Fsp3) is 0.652. The number of allylic oxidation sites excluding steroid dienone is 6. The van der Waals surface area contributed by atoms with Crippen LogP contribution in [0.5, 0.6) is 0 Å². The Kier molecular flexibility index (Phi) is 39.7. The Bertz CT molecular complexity index is 4150. The minimum Gasteiger partial charge on any atom is -0.468 e. The standard InChI is InChI=1S/C89H130N10O20S/c1-59-13-8-7-9-14-61(3)76(107-6)55-71-15-12-17-75(116-71)82(103)86(105)98-33-11-10-16-73(98)87(106)117-69(25-18-60(2)52-63(5)81(102)83(104)80(101)62(4)51-59)26-20-64-21-27-70(28-22-64)118-89(120)92-32-36-109-38-40-111-42-44-113-46-48-115-50-49-114-47-45-112-43-41-110-39-37-108-35-31-77(100)97-34-30-66-53-65(19-23-68(66)57-97)56-99-85-78(84(90)93-58-94-85)79(96-99)67-24-29-74-72(54-67)95-88(91)119-74/h7-9,13-14,19,23-24,29,52-54,58-60,62,64,69-71,73,75-76,81,83,87,102,104,106H,10-12,15-18,20-22,25-28,30-51,55-57H2,1-6H3,(H2,91,95)(H,92,120)(H2,90,93,94)/b9-7+,13-8+,61-14+,63-52+/t59-,60+,62-,64?,69+,70?,71+,73+,75?,76+,81-,83+,87?/m1/s1. The van der Waals surface area contributed by atoms with Crippen LogP contribution in [0.15, 0.2) is 94.7 Å². The minimum atomic E-state index is -1.58. The van der Waals surface area contributed by atoms with Gasteiger partial charge in [0.25, 0.3) is 17.1 Å². The van der Waals surface area contributed by atoms with Gasteiger partial charge in [0.1, 0.15) is 47.8 Å². The van der Waals surface area contributed by atoms with Gasteiger partial charge in [0, 0.05) is 51.2 Å². The second-order valence-electron chi connectivity index (χ2n) is 32.3. The molecule has 662 valence electrons. The average Bonchev–Trinajstić information content (AvgIpc) is 1.60. The lowest BCUT2D eigenvalue weighted by Crippen LogP contribution is -2.55. The Balaban J connectivity index is 0.518. The number of carbonyl (C=O) groups is 4. The van der Waals surface area contributed by atoms with Crippen molar-refractivity contribution < 1.29 is 95.8 Å². The first kappa shape index (κ1) is 94.7. The molecule has 3 aromatic heterocycles. The molecular formula is C89H130N10O20S. The van der Waals surface area contributed by atoms with Crippen LogP contribution in [-0.2, 0) is 95.5 Å². The molecule has 2 unspecified atom stereocenters. The van der Waals surface area contributed by atoms with Gasteiger partial charge < -0.3 is 103 Å². The number of oxazole rings is 1. The lowest BCUT2D eigenvalue weighted by Gasteiger charge is -2.40. The van der Waals surface area contributed by atoms with Gasteiger partial charge in [-0.1, -0.05) is 75.4 Å². The second kappa shape index (κ2) is 50.3. The fourth-order valence-electron chi connectivity index (χ4n) is 16.3. The Morgan fingerprint density at radius 1 is 0.675 bits per heavy atom. The quantitative estimate of drug-likeness (QED) is 0.00950. The van der Waals surface area contributed by atoms with Crippen LogP contribution in [0.1, 0.15) is 160 Å². The number of rotatable bonds is 35. The third-order valence-electron chi connectivity index (χ3n) is 23.1. The number of carbonyl (C=O) groups excluding carboxylic acids is 4. The zero-order chi connectivity index (χ0) is 85.1. The summed E-state index contributed by atoms with van der Waals surface area (Å²) in [6.45, 7) is 18.6. The van der Waals surface area contributed by atoms with Crippen LogP contribution < -0.4 is 16.8 Å². The molecule has 2 aromatic carbocycles. The first-order valence-electron chi connectivity index (χ1n) is 43.2. The number of methoxy groups -OCH3 is 1. The number of anilines is 2. The molecule has 120 heavy (non-hydrogen) atoms. The summed E-state index contributed by atoms with van der Waals surface area (Å²) in [5.74, 6) is -1.44. The molecule has 4 aliphatic heterocycles. The molecule has 8 N–H and O–H groups in total. The van der Waals surface area contributed by atoms with Gasteiger partial charge >= 0.3 is 0 Å². The van der Waals surface area contributed by atoms with E-state index in [4.69, 9.17) is 90.0 Å². The van der Waals surface area contributed by atoms with Crippen LogP contribution in [0.25, 0.3) is 33.4 Å². The molecule has 5 aliphatic rings. The summed E-state index contributed by atoms with van der Waals surface area (Å²) in [4.78, 5) is 71.5. The predicted octanol–water partition coefficient (Wildman–Crippen LogP) is 9.87. The topological polar surface area (TPSA) is 380 Å². The number of nitrogens with one attached hydrogen (secondary N) is 1. The summed E-state index contributed by atoms with van der Waals surface area (Å²) in [6.07, 6.45) is 19.0. The molecule has 5 aromatic rings. The highest BCUT2D eigenvalue weighted by atomic mass is 32.1. The van der Waals surface area contributed by atoms with Gasteiger partial charge in [0.05, 0.1) is 148 Å². The Labute approximate surface area is 711 Å². The average molecular weight is 1690 g/mol. The molecule has 3 fully saturated rings. The van der Waals surface area contributed by atoms with Crippen molar-refractivity contribution >= 4 is 74.7 Å². The molecule has 2 bridgehead atoms. The van der Waals surface area contributed by atoms with E-state index >= 15 is 0 Å². The van der Waals surface area contributed by atoms with E-state index in [0.717, 1.165) is 80.1 Å². The van der Waals surface area contributed by atoms with Crippen molar-refractivity contribution in [2.45, 2.75) is 218 Å². The van der Waals surface area contributed by atoms with Crippen molar-refractivity contribution in [2.24, 2.45) is 23.7 Å². The molecule has 11 atom stereocenters. The third kappa shape index (κ3) is 29.9. The van der Waals surface area contributed by atoms with E-state index in [9.17, 15) is 34.5 Å². The summed E-state index contributed by atoms with van der Waals surface area (Å²) >= 11 is 5.57. The normalized spacial score (nSPS) is 26.4. The maximum atomic E-state index is 14.3. The predicted molar refractivity (Wildman–Crippen MR) is 457 cm³/mol. The summed E-state index contributed by atoms with van der Waals surface area (Å²) in [5.41, 5.74) is 20.2. The zero-order valence-corrected chi connectivity index (χ0v) is 71.9. The van der Waals surface area contributed by atoms with E-state index in [0.29, 0.717) is 240 Å². The van der Waals surface area contributed by atoms with E-state index in [1.54, 1.807) is 27.0 Å². The maximum Gasteiger partial charge on any atom is 0.293 e. The Morgan fingerprint density at radius 3 is 2.05 bits per heavy atom. The molecule has 10 rings (SSSR count). The highest BCUT2D eigenvalue weighted by Crippen LogP contribution is 2.36. The minimum absolute atomic E-state index is 0.0263. The van der Waals surface area contributed by atoms with Gasteiger partial charge in [-0.25, -0.2) is 14.6 Å². The van der Waals surface area contributed by atoms with E-state index < -0.39 is 60.1 Å². The third-order valence-corrected chi connectivity index (χ3v) is 23.4. The highest BCUT2D eigenvalue weighted by molar-refractivity contribution is 7.80. The molecule has 2 saturated heterocycles. The van der Waals surface area contributed by atoms with Crippen molar-refractivity contribution in [2.75, 3.05) is 144 Å². The number of aliphatic hydroxyl groups excluding tert-OH is 3. The van der Waals surface area contributed by atoms with E-state index in [2.05, 4.69) is 38.5 Å². The lowest BCUT2D eigenvalue weighted by molar-refractivity contribution is -0.189. The number of nitrogens with two attached hydrogens (primary N) is 2. The fourth-order valence-corrected chi connectivity index (χ4v) is 16.6. The number of aromatic nitrogens is 5. The number of benzene rings is 2. The number of ketones is 2. The van der Waals surface area contributed by atoms with Gasteiger partial charge in [-0.2, -0.15) is 10.1 Å². The largest absolute Gasteiger partial charge is 0.468 e. The molecule has 1 saturated carbocycles. The molecule has 0 spiro atoms. The number of amides is 2. The number of hydrogen-bond acceptors (Lipinski definition) is 27. The van der Waals surface area contributed by atoms with Gasteiger partial charge in [-0.15, -0.1) is 0 Å². The summed E-state index contributed by atoms with van der Waals surface area (Å²) in [7, 11) is 1.65. The number of fused-ring (bicyclic) bond motifs is 6. The van der Waals surface area contributed by atoms with Crippen LogP contribution in [0.2, 0.25) is 0 Å². The summed E-state index contributed by atoms with van der Waals surface area (Å²) < 4.78 is 77.6. The van der Waals surface area contributed by atoms with Gasteiger partial charge in [0.2, 0.25) is 11.7 Å². The number of aliphatic hydroxyl groups is 3. The number of Topliss-reactive ketones (excluding diaryl/α,β-unsaturated/α-hetero) is 2. The number of piperidine rings is 1. The molecule has 30 nitrogen and oxygen atoms in total. The van der Waals surface area contributed by atoms with Crippen LogP contribution >= 0.6 is 12.2 Å². The van der Waals surface area contributed by atoms with Crippen molar-refractivity contribution in [3.63, 3.8) is 0 Å². The van der Waals surface area contributed by atoms with Crippen LogP contribution in [0.4, 0.5) is 11.8 Å². The number of nitrogen functional groups attached to an aromatic ring is 2. The van der Waals surface area contributed by atoms with Crippen molar-refractivity contribution in [3.05, 3.63) is 107 Å². The number of hydrogen-bond donors (Lipinski definition) is 6. The summed E-state index contributed by atoms with van der Waals surface area (Å²) in [5, 5.41) is 43.6. The zero-order valence-electron chi connectivity index (χ0n) is 71.1. The van der Waals surface area contributed by atoms with Crippen molar-refractivity contribution in [1.82, 2.24) is 39.8 Å². The number of ether oxygens (including phenoxy) is 12. The van der Waals surface area contributed by atoms with Crippen LogP contribution in [-0.4, -0.2) is 266 Å². The Hall–Kier alpha value is -7.57. The molecule has 0 radical (unpaired) electrons. The SMILES string of the molecule is CO[C@H]1C[C@@H]2CCCC(O2)C(=O)C(=O)N2CCCC[C@H]2C(O)O[C@H](CCC2CCC(OC(=S)NCCOCCOCCOCCOCCOCCOCCOCCOCCC(=O)N3CCc4cc(Cn5nc(-c6ccc7oc(N)nc7c6)c6c(N)ncnc65)ccc4C3)CC2)CC[C@H](C)/C=C(\C)[C@@H](O)[C@@H](O)C(=O)[C@H](C)C[C@H](C)/C=C/C=C/C=C/1C. The van der Waals surface area contributed by atoms with Gasteiger partial charge in [0.15, 0.2) is 23.3 Å². The van der Waals surface area contributed by atoms with Gasteiger partial charge in [-0.05, 0) is 193 Å².